The van der Waals surface area contributed by atoms with Gasteiger partial charge in [0.1, 0.15) is 12.4 Å². The van der Waals surface area contributed by atoms with Gasteiger partial charge in [-0.1, -0.05) is 38.1 Å². The maximum Gasteiger partial charge on any atom is 0.322 e. The van der Waals surface area contributed by atoms with E-state index in [1.807, 2.05) is 36.4 Å². The Morgan fingerprint density at radius 1 is 1.31 bits per heavy atom. The van der Waals surface area contributed by atoms with E-state index in [1.54, 1.807) is 4.90 Å². The Labute approximate surface area is 154 Å². The van der Waals surface area contributed by atoms with E-state index in [9.17, 15) is 9.90 Å². The molecule has 0 spiro atoms. The average Bonchev–Trinajstić information content (AvgIpc) is 2.89. The number of nitrogens with one attached hydrogen (secondary N) is 1. The first-order valence-electron chi connectivity index (χ1n) is 9.12. The summed E-state index contributed by atoms with van der Waals surface area (Å²) in [4.78, 5) is 14.6. The Hall–Kier alpha value is -2.53. The monoisotopic (exact) mass is 354 g/mol. The van der Waals surface area contributed by atoms with Gasteiger partial charge in [0.25, 0.3) is 0 Å². The summed E-state index contributed by atoms with van der Waals surface area (Å²) in [7, 11) is 0. The lowest BCUT2D eigenvalue weighted by Gasteiger charge is -2.22. The van der Waals surface area contributed by atoms with Crippen LogP contribution in [0.5, 0.6) is 5.75 Å². The third-order valence-corrected chi connectivity index (χ3v) is 4.92. The third-order valence-electron chi connectivity index (χ3n) is 4.92. The van der Waals surface area contributed by atoms with Crippen molar-refractivity contribution in [1.29, 1.82) is 0 Å². The lowest BCUT2D eigenvalue weighted by Crippen LogP contribution is -2.36. The van der Waals surface area contributed by atoms with Crippen LogP contribution in [0, 0.1) is 0 Å². The number of carbonyl (C=O) groups excluding carboxylic acids is 1. The molecule has 2 amide bonds. The normalized spacial score (nSPS) is 14.8. The summed E-state index contributed by atoms with van der Waals surface area (Å²) in [5.41, 5.74) is 3.75. The van der Waals surface area contributed by atoms with Gasteiger partial charge in [0.05, 0.1) is 19.7 Å². The van der Waals surface area contributed by atoms with Gasteiger partial charge in [-0.15, -0.1) is 0 Å². The Morgan fingerprint density at radius 3 is 2.88 bits per heavy atom. The summed E-state index contributed by atoms with van der Waals surface area (Å²) in [6.45, 7) is 5.71. The molecule has 0 saturated carbocycles. The van der Waals surface area contributed by atoms with Crippen LogP contribution in [0.15, 0.2) is 42.5 Å². The van der Waals surface area contributed by atoms with Crippen LogP contribution in [0.3, 0.4) is 0 Å². The van der Waals surface area contributed by atoms with E-state index >= 15 is 0 Å². The molecule has 26 heavy (non-hydrogen) atoms. The number of nitrogens with zero attached hydrogens (tertiary/aromatic N) is 1. The van der Waals surface area contributed by atoms with Crippen molar-refractivity contribution in [3.8, 4) is 5.75 Å². The summed E-state index contributed by atoms with van der Waals surface area (Å²) < 4.78 is 5.75. The van der Waals surface area contributed by atoms with Crippen molar-refractivity contribution in [2.45, 2.75) is 39.3 Å². The van der Waals surface area contributed by atoms with Crippen LogP contribution in [0.1, 0.15) is 42.9 Å². The van der Waals surface area contributed by atoms with Crippen molar-refractivity contribution in [3.05, 3.63) is 59.2 Å². The zero-order chi connectivity index (χ0) is 18.5. The van der Waals surface area contributed by atoms with Crippen LogP contribution in [-0.4, -0.2) is 29.2 Å². The molecule has 0 saturated heterocycles. The molecule has 1 heterocycles. The smallest absolute Gasteiger partial charge is 0.322 e. The fraction of sp³-hybridized carbons (Fsp3) is 0.381. The van der Waals surface area contributed by atoms with Crippen molar-refractivity contribution in [2.24, 2.45) is 0 Å². The van der Waals surface area contributed by atoms with Gasteiger partial charge < -0.3 is 20.1 Å². The highest BCUT2D eigenvalue weighted by Crippen LogP contribution is 2.28. The lowest BCUT2D eigenvalue weighted by molar-refractivity contribution is 0.200. The number of hydrogen-bond acceptors (Lipinski definition) is 3. The largest absolute Gasteiger partial charge is 0.491 e. The maximum absolute atomic E-state index is 12.9. The third kappa shape index (κ3) is 3.99. The molecule has 2 N–H and O–H groups in total. The molecular weight excluding hydrogens is 328 g/mol. The Bertz CT molecular complexity index is 776. The molecular formula is C21H26N2O3. The molecule has 0 fully saturated rings. The van der Waals surface area contributed by atoms with E-state index < -0.39 is 0 Å². The van der Waals surface area contributed by atoms with Crippen LogP contribution in [-0.2, 0) is 13.2 Å². The highest BCUT2D eigenvalue weighted by Gasteiger charge is 2.21. The van der Waals surface area contributed by atoms with E-state index in [0.717, 1.165) is 34.5 Å². The predicted octanol–water partition coefficient (Wildman–Crippen LogP) is 4.12. The fourth-order valence-electron chi connectivity index (χ4n) is 3.17. The van der Waals surface area contributed by atoms with Gasteiger partial charge in [-0.05, 0) is 41.7 Å². The number of hydrogen-bond donors (Lipinski definition) is 2. The second-order valence-electron chi connectivity index (χ2n) is 6.70. The van der Waals surface area contributed by atoms with Gasteiger partial charge in [0.15, 0.2) is 0 Å². The molecule has 5 heteroatoms. The standard InChI is InChI=1S/C21H26N2O3/c1-3-15(2)18-6-4-5-7-19(18)22-21(25)23-10-11-26-20-9-8-16(14-24)12-17(20)13-23/h4-9,12,15,24H,3,10-11,13-14H2,1-2H3,(H,22,25). The lowest BCUT2D eigenvalue weighted by atomic mass is 9.97. The molecule has 2 aromatic carbocycles. The number of para-hydroxylation sites is 1. The Morgan fingerprint density at radius 2 is 2.12 bits per heavy atom. The van der Waals surface area contributed by atoms with E-state index in [0.29, 0.717) is 25.6 Å². The van der Waals surface area contributed by atoms with Crippen LogP contribution < -0.4 is 10.1 Å². The summed E-state index contributed by atoms with van der Waals surface area (Å²) in [6, 6.07) is 13.4. The fourth-order valence-corrected chi connectivity index (χ4v) is 3.17. The summed E-state index contributed by atoms with van der Waals surface area (Å²) in [5, 5.41) is 12.4. The zero-order valence-electron chi connectivity index (χ0n) is 15.4. The van der Waals surface area contributed by atoms with Crippen LogP contribution in [0.2, 0.25) is 0 Å². The van der Waals surface area contributed by atoms with Gasteiger partial charge in [0.2, 0.25) is 0 Å². The molecule has 2 aromatic rings. The summed E-state index contributed by atoms with van der Waals surface area (Å²) >= 11 is 0. The highest BCUT2D eigenvalue weighted by atomic mass is 16.5. The van der Waals surface area contributed by atoms with Crippen LogP contribution in [0.4, 0.5) is 10.5 Å². The molecule has 0 aromatic heterocycles. The van der Waals surface area contributed by atoms with E-state index in [4.69, 9.17) is 4.74 Å². The van der Waals surface area contributed by atoms with E-state index in [1.165, 1.54) is 0 Å². The number of benzene rings is 2. The molecule has 0 bridgehead atoms. The van der Waals surface area contributed by atoms with E-state index in [-0.39, 0.29) is 12.6 Å². The highest BCUT2D eigenvalue weighted by molar-refractivity contribution is 5.90. The maximum atomic E-state index is 12.9. The second kappa shape index (κ2) is 8.23. The molecule has 1 aliphatic heterocycles. The zero-order valence-corrected chi connectivity index (χ0v) is 15.4. The number of carbonyl (C=O) groups is 1. The van der Waals surface area contributed by atoms with E-state index in [2.05, 4.69) is 25.2 Å². The second-order valence-corrected chi connectivity index (χ2v) is 6.70. The predicted molar refractivity (Wildman–Crippen MR) is 102 cm³/mol. The number of amides is 2. The first-order valence-corrected chi connectivity index (χ1v) is 9.12. The molecule has 1 atom stereocenters. The van der Waals surface area contributed by atoms with Crippen molar-refractivity contribution >= 4 is 11.7 Å². The van der Waals surface area contributed by atoms with Gasteiger partial charge in [-0.25, -0.2) is 4.79 Å². The molecule has 0 aliphatic carbocycles. The number of fused-ring (bicyclic) bond motifs is 1. The molecule has 1 unspecified atom stereocenters. The first-order chi connectivity index (χ1) is 12.6. The minimum absolute atomic E-state index is 0.0260. The number of aliphatic hydroxyl groups is 1. The van der Waals surface area contributed by atoms with Crippen LogP contribution >= 0.6 is 0 Å². The summed E-state index contributed by atoms with van der Waals surface area (Å²) in [5.74, 6) is 1.16. The van der Waals surface area contributed by atoms with Crippen LogP contribution in [0.25, 0.3) is 0 Å². The van der Waals surface area contributed by atoms with Gasteiger partial charge >= 0.3 is 6.03 Å². The number of rotatable bonds is 4. The molecule has 5 nitrogen and oxygen atoms in total. The van der Waals surface area contributed by atoms with Crippen molar-refractivity contribution in [1.82, 2.24) is 4.90 Å². The van der Waals surface area contributed by atoms with Gasteiger partial charge in [-0.2, -0.15) is 0 Å². The molecule has 138 valence electrons. The van der Waals surface area contributed by atoms with Crippen molar-refractivity contribution in [2.75, 3.05) is 18.5 Å². The van der Waals surface area contributed by atoms with Gasteiger partial charge in [-0.3, -0.25) is 0 Å². The summed E-state index contributed by atoms with van der Waals surface area (Å²) in [6.07, 6.45) is 1.02. The number of aliphatic hydroxyl groups excluding tert-OH is 1. The quantitative estimate of drug-likeness (QED) is 0.868. The SMILES string of the molecule is CCC(C)c1ccccc1NC(=O)N1CCOc2ccc(CO)cc2C1. The van der Waals surface area contributed by atoms with Crippen molar-refractivity contribution < 1.29 is 14.6 Å². The first kappa shape index (κ1) is 18.3. The molecule has 0 radical (unpaired) electrons. The topological polar surface area (TPSA) is 61.8 Å². The van der Waals surface area contributed by atoms with Crippen molar-refractivity contribution in [3.63, 3.8) is 0 Å². The van der Waals surface area contributed by atoms with Gasteiger partial charge in [0, 0.05) is 11.3 Å². The minimum Gasteiger partial charge on any atom is -0.491 e. The molecule has 1 aliphatic rings. The average molecular weight is 354 g/mol. The minimum atomic E-state index is -0.133. The number of ether oxygens (including phenoxy) is 1. The Kier molecular flexibility index (Phi) is 5.78. The number of anilines is 1. The Balaban J connectivity index is 1.78. The molecule has 3 rings (SSSR count). The number of urea groups is 1.